The average molecular weight is 214 g/mol. The quantitative estimate of drug-likeness (QED) is 0.837. The predicted octanol–water partition coefficient (Wildman–Crippen LogP) is 2.84. The number of thiazole rings is 1. The molecule has 0 radical (unpaired) electrons. The zero-order valence-corrected chi connectivity index (χ0v) is 9.33. The zero-order valence-electron chi connectivity index (χ0n) is 7.69. The first-order valence-electron chi connectivity index (χ1n) is 4.59. The number of hydrogen-bond donors (Lipinski definition) is 1. The van der Waals surface area contributed by atoms with Gasteiger partial charge in [-0.1, -0.05) is 6.42 Å². The highest BCUT2D eigenvalue weighted by Crippen LogP contribution is 2.31. The normalized spacial score (nSPS) is 27.8. The first kappa shape index (κ1) is 9.34. The van der Waals surface area contributed by atoms with E-state index in [0.717, 1.165) is 10.4 Å². The van der Waals surface area contributed by atoms with Crippen LogP contribution in [0.4, 0.5) is 5.13 Å². The van der Waals surface area contributed by atoms with Crippen molar-refractivity contribution < 1.29 is 0 Å². The van der Waals surface area contributed by atoms with Crippen LogP contribution in [-0.2, 0) is 0 Å². The molecule has 0 aliphatic heterocycles. The monoisotopic (exact) mass is 214 g/mol. The van der Waals surface area contributed by atoms with Crippen LogP contribution in [0.2, 0.25) is 0 Å². The van der Waals surface area contributed by atoms with Gasteiger partial charge >= 0.3 is 0 Å². The summed E-state index contributed by atoms with van der Waals surface area (Å²) in [5.74, 6) is 0. The Balaban J connectivity index is 1.94. The smallest absolute Gasteiger partial charge is 0.182 e. The van der Waals surface area contributed by atoms with Crippen LogP contribution >= 0.6 is 23.1 Å². The summed E-state index contributed by atoms with van der Waals surface area (Å²) in [6.45, 7) is 0. The van der Waals surface area contributed by atoms with Crippen LogP contribution in [0.5, 0.6) is 0 Å². The van der Waals surface area contributed by atoms with Crippen molar-refractivity contribution in [2.45, 2.75) is 30.6 Å². The molecule has 1 aliphatic rings. The molecule has 0 bridgehead atoms. The standard InChI is InChI=1S/C9H14N2S2/c1-12-8-4-2-3-7(8)11-9-10-5-6-13-9/h5-8H,2-4H2,1H3,(H,10,11). The molecule has 1 aromatic heterocycles. The highest BCUT2D eigenvalue weighted by atomic mass is 32.2. The van der Waals surface area contributed by atoms with Gasteiger partial charge in [-0.3, -0.25) is 0 Å². The van der Waals surface area contributed by atoms with Crippen LogP contribution in [0.15, 0.2) is 11.6 Å². The summed E-state index contributed by atoms with van der Waals surface area (Å²) in [7, 11) is 0. The van der Waals surface area contributed by atoms with Crippen LogP contribution < -0.4 is 5.32 Å². The van der Waals surface area contributed by atoms with E-state index < -0.39 is 0 Å². The SMILES string of the molecule is CSC1CCCC1Nc1nccs1. The highest BCUT2D eigenvalue weighted by Gasteiger charge is 2.26. The Morgan fingerprint density at radius 2 is 2.54 bits per heavy atom. The second kappa shape index (κ2) is 4.33. The van der Waals surface area contributed by atoms with Gasteiger partial charge in [0.1, 0.15) is 0 Å². The van der Waals surface area contributed by atoms with Gasteiger partial charge in [-0.15, -0.1) is 11.3 Å². The number of hydrogen-bond acceptors (Lipinski definition) is 4. The summed E-state index contributed by atoms with van der Waals surface area (Å²) in [5.41, 5.74) is 0. The van der Waals surface area contributed by atoms with Gasteiger partial charge in [0, 0.05) is 22.9 Å². The summed E-state index contributed by atoms with van der Waals surface area (Å²) in [5, 5.41) is 7.38. The van der Waals surface area contributed by atoms with E-state index in [0.29, 0.717) is 6.04 Å². The van der Waals surface area contributed by atoms with Crippen LogP contribution in [-0.4, -0.2) is 22.5 Å². The molecule has 2 atom stereocenters. The first-order valence-corrected chi connectivity index (χ1v) is 6.75. The van der Waals surface area contributed by atoms with Gasteiger partial charge in [0.25, 0.3) is 0 Å². The Hall–Kier alpha value is -0.220. The van der Waals surface area contributed by atoms with Gasteiger partial charge in [0.15, 0.2) is 5.13 Å². The third-order valence-corrected chi connectivity index (χ3v) is 4.37. The Labute approximate surface area is 87.1 Å². The van der Waals surface area contributed by atoms with Crippen LogP contribution in [0.25, 0.3) is 0 Å². The molecular weight excluding hydrogens is 200 g/mol. The summed E-state index contributed by atoms with van der Waals surface area (Å²) in [6, 6.07) is 0.640. The summed E-state index contributed by atoms with van der Waals surface area (Å²) in [4.78, 5) is 4.25. The van der Waals surface area contributed by atoms with E-state index in [4.69, 9.17) is 0 Å². The largest absolute Gasteiger partial charge is 0.358 e. The van der Waals surface area contributed by atoms with Crippen molar-refractivity contribution >= 4 is 28.2 Å². The minimum atomic E-state index is 0.640. The van der Waals surface area contributed by atoms with E-state index in [1.54, 1.807) is 11.3 Å². The molecule has 1 fully saturated rings. The third kappa shape index (κ3) is 2.17. The maximum absolute atomic E-state index is 4.25. The van der Waals surface area contributed by atoms with E-state index in [1.165, 1.54) is 19.3 Å². The average Bonchev–Trinajstić information content (AvgIpc) is 2.76. The lowest BCUT2D eigenvalue weighted by atomic mass is 10.2. The number of nitrogens with zero attached hydrogens (tertiary/aromatic N) is 1. The fourth-order valence-corrected chi connectivity index (χ4v) is 3.35. The molecule has 0 saturated heterocycles. The summed E-state index contributed by atoms with van der Waals surface area (Å²) < 4.78 is 0. The molecule has 1 saturated carbocycles. The molecule has 1 aromatic rings. The maximum atomic E-state index is 4.25. The van der Waals surface area contributed by atoms with Crippen molar-refractivity contribution in [2.75, 3.05) is 11.6 Å². The molecule has 1 N–H and O–H groups in total. The number of thioether (sulfide) groups is 1. The topological polar surface area (TPSA) is 24.9 Å². The van der Waals surface area contributed by atoms with Crippen LogP contribution in [0.1, 0.15) is 19.3 Å². The molecule has 0 amide bonds. The Morgan fingerprint density at radius 1 is 1.62 bits per heavy atom. The molecule has 4 heteroatoms. The predicted molar refractivity (Wildman–Crippen MR) is 60.7 cm³/mol. The van der Waals surface area contributed by atoms with E-state index in [2.05, 4.69) is 16.6 Å². The summed E-state index contributed by atoms with van der Waals surface area (Å²) >= 11 is 3.67. The van der Waals surface area contributed by atoms with Crippen molar-refractivity contribution in [1.29, 1.82) is 0 Å². The van der Waals surface area contributed by atoms with Gasteiger partial charge in [-0.25, -0.2) is 4.98 Å². The Kier molecular flexibility index (Phi) is 3.11. The molecule has 0 aromatic carbocycles. The van der Waals surface area contributed by atoms with Crippen molar-refractivity contribution in [3.05, 3.63) is 11.6 Å². The molecule has 2 unspecified atom stereocenters. The minimum Gasteiger partial charge on any atom is -0.358 e. The number of anilines is 1. The van der Waals surface area contributed by atoms with E-state index in [1.807, 2.05) is 23.3 Å². The second-order valence-electron chi connectivity index (χ2n) is 3.29. The molecule has 72 valence electrons. The molecule has 2 rings (SSSR count). The first-order chi connectivity index (χ1) is 6.40. The van der Waals surface area contributed by atoms with Gasteiger partial charge in [-0.05, 0) is 19.1 Å². The van der Waals surface area contributed by atoms with E-state index in [-0.39, 0.29) is 0 Å². The lowest BCUT2D eigenvalue weighted by Crippen LogP contribution is -2.25. The van der Waals surface area contributed by atoms with E-state index in [9.17, 15) is 0 Å². The number of nitrogens with one attached hydrogen (secondary N) is 1. The van der Waals surface area contributed by atoms with Gasteiger partial charge < -0.3 is 5.32 Å². The van der Waals surface area contributed by atoms with Crippen molar-refractivity contribution in [2.24, 2.45) is 0 Å². The van der Waals surface area contributed by atoms with Crippen LogP contribution in [0.3, 0.4) is 0 Å². The number of aromatic nitrogens is 1. The van der Waals surface area contributed by atoms with Crippen LogP contribution in [0, 0.1) is 0 Å². The molecule has 2 nitrogen and oxygen atoms in total. The molecule has 13 heavy (non-hydrogen) atoms. The van der Waals surface area contributed by atoms with Gasteiger partial charge in [-0.2, -0.15) is 11.8 Å². The van der Waals surface area contributed by atoms with Crippen molar-refractivity contribution in [1.82, 2.24) is 4.98 Å². The molecule has 0 spiro atoms. The zero-order chi connectivity index (χ0) is 9.10. The van der Waals surface area contributed by atoms with E-state index >= 15 is 0 Å². The fraction of sp³-hybridized carbons (Fsp3) is 0.667. The lowest BCUT2D eigenvalue weighted by molar-refractivity contribution is 0.767. The fourth-order valence-electron chi connectivity index (χ4n) is 1.83. The van der Waals surface area contributed by atoms with Crippen molar-refractivity contribution in [3.63, 3.8) is 0 Å². The van der Waals surface area contributed by atoms with Crippen molar-refractivity contribution in [3.8, 4) is 0 Å². The Bertz CT molecular complexity index is 248. The lowest BCUT2D eigenvalue weighted by Gasteiger charge is -2.18. The minimum absolute atomic E-state index is 0.640. The highest BCUT2D eigenvalue weighted by molar-refractivity contribution is 7.99. The number of rotatable bonds is 3. The third-order valence-electron chi connectivity index (χ3n) is 2.50. The summed E-state index contributed by atoms with van der Waals surface area (Å²) in [6.07, 6.45) is 8.06. The molecule has 1 heterocycles. The van der Waals surface area contributed by atoms with Gasteiger partial charge in [0.05, 0.1) is 0 Å². The molecular formula is C9H14N2S2. The Morgan fingerprint density at radius 3 is 3.23 bits per heavy atom. The van der Waals surface area contributed by atoms with Gasteiger partial charge in [0.2, 0.25) is 0 Å². The second-order valence-corrected chi connectivity index (χ2v) is 5.26. The molecule has 1 aliphatic carbocycles. The maximum Gasteiger partial charge on any atom is 0.182 e.